The fraction of sp³-hybridized carbons (Fsp3) is 0.154. The number of rotatable bonds is 5. The summed E-state index contributed by atoms with van der Waals surface area (Å²) in [5.41, 5.74) is 0.932. The number of halogens is 1. The van der Waals surface area contributed by atoms with Crippen LogP contribution in [0.25, 0.3) is 0 Å². The van der Waals surface area contributed by atoms with Gasteiger partial charge in [-0.2, -0.15) is 5.26 Å². The molecule has 0 bridgehead atoms. The third kappa shape index (κ3) is 5.28. The van der Waals surface area contributed by atoms with Gasteiger partial charge in [0.05, 0.1) is 11.1 Å². The van der Waals surface area contributed by atoms with Gasteiger partial charge in [-0.3, -0.25) is 5.41 Å². The van der Waals surface area contributed by atoms with Gasteiger partial charge in [-0.1, -0.05) is 30.8 Å². The first-order valence-corrected chi connectivity index (χ1v) is 5.37. The molecule has 0 saturated heterocycles. The molecule has 0 heterocycles. The topological polar surface area (TPSA) is 69.2 Å². The van der Waals surface area contributed by atoms with Gasteiger partial charge in [-0.05, 0) is 19.9 Å². The van der Waals surface area contributed by atoms with Crippen molar-refractivity contribution >= 4 is 23.8 Å². The summed E-state index contributed by atoms with van der Waals surface area (Å²) in [6, 6.07) is 1.96. The zero-order chi connectivity index (χ0) is 14.1. The van der Waals surface area contributed by atoms with E-state index in [0.717, 1.165) is 6.34 Å². The molecule has 0 atom stereocenters. The highest BCUT2D eigenvalue weighted by molar-refractivity contribution is 6.32. The molecule has 0 aromatic rings. The van der Waals surface area contributed by atoms with Crippen LogP contribution in [0, 0.1) is 16.7 Å². The predicted octanol–water partition coefficient (Wildman–Crippen LogP) is 3.69. The number of nitrogens with one attached hydrogen (secondary N) is 1. The summed E-state index contributed by atoms with van der Waals surface area (Å²) in [5, 5.41) is 15.8. The van der Waals surface area contributed by atoms with Crippen LogP contribution in [-0.4, -0.2) is 12.2 Å². The maximum absolute atomic E-state index is 8.75. The molecule has 0 aliphatic carbocycles. The lowest BCUT2D eigenvalue weighted by molar-refractivity contribution is 0.435. The Labute approximate surface area is 112 Å². The molecule has 0 aromatic carbocycles. The van der Waals surface area contributed by atoms with Crippen molar-refractivity contribution in [1.29, 1.82) is 10.7 Å². The number of ether oxygens (including phenoxy) is 1. The highest BCUT2D eigenvalue weighted by atomic mass is 35.5. The fourth-order valence-electron chi connectivity index (χ4n) is 0.845. The Morgan fingerprint density at radius 3 is 2.50 bits per heavy atom. The number of hydrogen-bond acceptors (Lipinski definition) is 3. The van der Waals surface area contributed by atoms with Crippen LogP contribution < -0.4 is 0 Å². The average Bonchev–Trinajstić information content (AvgIpc) is 2.34. The van der Waals surface area contributed by atoms with Gasteiger partial charge in [0, 0.05) is 11.1 Å². The molecule has 0 radical (unpaired) electrons. The lowest BCUT2D eigenvalue weighted by Crippen LogP contribution is -2.06. The molecular formula is C13H14ClN3O. The second-order valence-corrected chi connectivity index (χ2v) is 3.62. The Bertz CT molecular complexity index is 493. The summed E-state index contributed by atoms with van der Waals surface area (Å²) < 4.78 is 5.27. The van der Waals surface area contributed by atoms with Gasteiger partial charge in [0.2, 0.25) is 5.90 Å². The van der Waals surface area contributed by atoms with Crippen molar-refractivity contribution in [3.05, 3.63) is 47.2 Å². The van der Waals surface area contributed by atoms with Crippen LogP contribution in [0.5, 0.6) is 0 Å². The van der Waals surface area contributed by atoms with Crippen molar-refractivity contribution in [3.8, 4) is 6.07 Å². The smallest absolute Gasteiger partial charge is 0.223 e. The molecule has 0 spiro atoms. The van der Waals surface area contributed by atoms with Gasteiger partial charge in [0.25, 0.3) is 0 Å². The van der Waals surface area contributed by atoms with E-state index in [4.69, 9.17) is 27.0 Å². The summed E-state index contributed by atoms with van der Waals surface area (Å²) in [6.45, 7) is 10.7. The minimum Gasteiger partial charge on any atom is -0.438 e. The fourth-order valence-corrected chi connectivity index (χ4v) is 1.00. The number of hydrogen-bond donors (Lipinski definition) is 1. The van der Waals surface area contributed by atoms with E-state index in [1.165, 1.54) is 6.08 Å². The molecular weight excluding hydrogens is 250 g/mol. The van der Waals surface area contributed by atoms with E-state index in [1.54, 1.807) is 19.9 Å². The van der Waals surface area contributed by atoms with Crippen molar-refractivity contribution in [3.63, 3.8) is 0 Å². The molecule has 1 N–H and O–H groups in total. The highest BCUT2D eigenvalue weighted by Gasteiger charge is 2.08. The molecule has 18 heavy (non-hydrogen) atoms. The van der Waals surface area contributed by atoms with Crippen molar-refractivity contribution in [1.82, 2.24) is 0 Å². The third-order valence-electron chi connectivity index (χ3n) is 1.76. The van der Waals surface area contributed by atoms with E-state index in [-0.39, 0.29) is 16.7 Å². The van der Waals surface area contributed by atoms with Crippen LogP contribution in [0.4, 0.5) is 0 Å². The summed E-state index contributed by atoms with van der Waals surface area (Å²) in [5.74, 6) is 0.287. The Balaban J connectivity index is 4.99. The van der Waals surface area contributed by atoms with E-state index >= 15 is 0 Å². The van der Waals surface area contributed by atoms with E-state index in [0.29, 0.717) is 11.1 Å². The summed E-state index contributed by atoms with van der Waals surface area (Å²) in [6.07, 6.45) is 3.88. The molecule has 4 nitrogen and oxygen atoms in total. The minimum absolute atomic E-state index is 0.134. The maximum atomic E-state index is 8.75. The molecule has 0 aromatic heterocycles. The van der Waals surface area contributed by atoms with Crippen LogP contribution in [0.3, 0.4) is 0 Å². The van der Waals surface area contributed by atoms with E-state index < -0.39 is 0 Å². The van der Waals surface area contributed by atoms with Gasteiger partial charge in [0.15, 0.2) is 0 Å². The van der Waals surface area contributed by atoms with E-state index in [9.17, 15) is 0 Å². The van der Waals surface area contributed by atoms with Gasteiger partial charge < -0.3 is 4.74 Å². The minimum atomic E-state index is 0.134. The van der Waals surface area contributed by atoms with Gasteiger partial charge in [-0.25, -0.2) is 4.99 Å². The number of nitrogens with zero attached hydrogens (tertiary/aromatic N) is 2. The first kappa shape index (κ1) is 15.9. The molecule has 0 amide bonds. The maximum Gasteiger partial charge on any atom is 0.223 e. The van der Waals surface area contributed by atoms with Crippen LogP contribution in [0.2, 0.25) is 0 Å². The van der Waals surface area contributed by atoms with Crippen LogP contribution in [0.1, 0.15) is 13.8 Å². The molecule has 5 heteroatoms. The number of allylic oxidation sites excluding steroid dienone is 4. The van der Waals surface area contributed by atoms with Crippen LogP contribution in [0.15, 0.2) is 52.2 Å². The van der Waals surface area contributed by atoms with Gasteiger partial charge in [-0.15, -0.1) is 0 Å². The molecule has 0 aliphatic heterocycles. The Morgan fingerprint density at radius 2 is 2.11 bits per heavy atom. The normalized spacial score (nSPS) is 12.7. The largest absolute Gasteiger partial charge is 0.438 e. The van der Waals surface area contributed by atoms with Crippen LogP contribution >= 0.6 is 11.6 Å². The zero-order valence-electron chi connectivity index (χ0n) is 10.3. The lowest BCUT2D eigenvalue weighted by atomic mass is 10.2. The standard InChI is InChI=1S/C13H14ClN3O/c1-5-11(7-15)6-12(14)10(4)18-13(9(2)3)17-8-16/h5-6,8,16H,2,4H2,1,3H3/b11-5+,12-6+,16-8?,17-13?. The first-order valence-electron chi connectivity index (χ1n) is 4.99. The Hall–Kier alpha value is -2.12. The van der Waals surface area contributed by atoms with Crippen molar-refractivity contribution in [2.45, 2.75) is 13.8 Å². The molecule has 0 aliphatic rings. The molecule has 0 unspecified atom stereocenters. The summed E-state index contributed by atoms with van der Waals surface area (Å²) in [7, 11) is 0. The quantitative estimate of drug-likeness (QED) is 0.270. The first-order chi connectivity index (χ1) is 8.46. The van der Waals surface area contributed by atoms with E-state index in [1.807, 2.05) is 6.07 Å². The van der Waals surface area contributed by atoms with Gasteiger partial charge >= 0.3 is 0 Å². The predicted molar refractivity (Wildman–Crippen MR) is 74.6 cm³/mol. The Kier molecular flexibility index (Phi) is 7.10. The van der Waals surface area contributed by atoms with E-state index in [2.05, 4.69) is 18.2 Å². The monoisotopic (exact) mass is 263 g/mol. The Morgan fingerprint density at radius 1 is 1.50 bits per heavy atom. The van der Waals surface area contributed by atoms with Crippen LogP contribution in [-0.2, 0) is 4.74 Å². The highest BCUT2D eigenvalue weighted by Crippen LogP contribution is 2.18. The molecule has 0 saturated carbocycles. The SMILES string of the molecule is C=C(C)C(=NC=N)OC(=C)/C(Cl)=C\C(C#N)=C/C. The third-order valence-corrected chi connectivity index (χ3v) is 2.08. The molecule has 0 rings (SSSR count). The number of nitriles is 1. The average molecular weight is 264 g/mol. The van der Waals surface area contributed by atoms with Crippen molar-refractivity contribution < 1.29 is 4.74 Å². The zero-order valence-corrected chi connectivity index (χ0v) is 11.1. The summed E-state index contributed by atoms with van der Waals surface area (Å²) in [4.78, 5) is 3.68. The van der Waals surface area contributed by atoms with Crippen molar-refractivity contribution in [2.75, 3.05) is 0 Å². The molecule has 0 fully saturated rings. The summed E-state index contributed by atoms with van der Waals surface area (Å²) >= 11 is 5.94. The number of aliphatic imine (C=N–C) groups is 1. The second-order valence-electron chi connectivity index (χ2n) is 3.22. The second kappa shape index (κ2) is 8.04. The molecule has 94 valence electrons. The van der Waals surface area contributed by atoms with Crippen molar-refractivity contribution in [2.24, 2.45) is 4.99 Å². The lowest BCUT2D eigenvalue weighted by Gasteiger charge is -2.09. The van der Waals surface area contributed by atoms with Gasteiger partial charge in [0.1, 0.15) is 12.1 Å².